The number of hydrogen-bond donors (Lipinski definition) is 4. The van der Waals surface area contributed by atoms with Gasteiger partial charge in [-0.2, -0.15) is 0 Å². The van der Waals surface area contributed by atoms with E-state index < -0.39 is 6.61 Å². The van der Waals surface area contributed by atoms with E-state index in [2.05, 4.69) is 62.3 Å². The molecule has 1 unspecified atom stereocenters. The fourth-order valence-corrected chi connectivity index (χ4v) is 9.53. The van der Waals surface area contributed by atoms with Crippen molar-refractivity contribution in [3.63, 3.8) is 0 Å². The van der Waals surface area contributed by atoms with Crippen LogP contribution in [-0.4, -0.2) is 97.6 Å². The summed E-state index contributed by atoms with van der Waals surface area (Å²) in [7, 11) is 0. The fourth-order valence-electron chi connectivity index (χ4n) is 9.53. The molecule has 4 aromatic heterocycles. The van der Waals surface area contributed by atoms with Gasteiger partial charge in [-0.05, 0) is 86.1 Å². The number of anilines is 5. The lowest BCUT2D eigenvalue weighted by Crippen LogP contribution is -2.56. The molecule has 3 aliphatic heterocycles. The van der Waals surface area contributed by atoms with Gasteiger partial charge in [0.1, 0.15) is 16.9 Å². The van der Waals surface area contributed by atoms with Crippen molar-refractivity contribution in [2.75, 3.05) is 59.8 Å². The number of nitrogens with one attached hydrogen (secondary N) is 3. The summed E-state index contributed by atoms with van der Waals surface area (Å²) in [6.45, 7) is 15.2. The average molecular weight is 787 g/mol. The Hall–Kier alpha value is -5.77. The molecule has 5 aromatic rings. The Morgan fingerprint density at radius 1 is 1.07 bits per heavy atom. The van der Waals surface area contributed by atoms with E-state index in [0.29, 0.717) is 64.2 Å². The van der Waals surface area contributed by atoms with Crippen molar-refractivity contribution >= 4 is 51.4 Å². The molecular formula is C43H50N10O5. The van der Waals surface area contributed by atoms with Crippen LogP contribution in [0.25, 0.3) is 16.6 Å². The smallest absolute Gasteiger partial charge is 0.276 e. The molecule has 4 aliphatic rings. The van der Waals surface area contributed by atoms with Gasteiger partial charge in [0.15, 0.2) is 5.82 Å². The second-order valence-corrected chi connectivity index (χ2v) is 16.7. The Bertz CT molecular complexity index is 2490. The highest BCUT2D eigenvalue weighted by atomic mass is 16.5. The maximum atomic E-state index is 14.1. The standard InChI is InChI=1S/C43H50N10O5/c1-5-37(55)47-31-21-28(6-7-33(31)50-15-14-49(24-26(50)2)29-10-18-58-19-11-29)46-39-38-34(9-13-45-41(38)56)53(48-39)32-8-12-44-40(30(32)25-54)52-17-16-51-35(42(52)57)20-27-22-43(3,4)23-36(27)51/h5-9,12-13,20-21,26,29,54H,1,10-11,14-19,22-25H2,2-4H3,(H,45,56)(H,46,48)(H,47,55). The molecule has 0 radical (unpaired) electrons. The summed E-state index contributed by atoms with van der Waals surface area (Å²) in [6.07, 6.45) is 8.33. The van der Waals surface area contributed by atoms with Crippen LogP contribution >= 0.6 is 0 Å². The zero-order valence-corrected chi connectivity index (χ0v) is 33.3. The molecule has 2 amide bonds. The maximum absolute atomic E-state index is 14.1. The first kappa shape index (κ1) is 37.8. The molecule has 1 atom stereocenters. The van der Waals surface area contributed by atoms with Gasteiger partial charge in [-0.25, -0.2) is 9.67 Å². The van der Waals surface area contributed by atoms with Crippen molar-refractivity contribution in [2.45, 2.75) is 71.7 Å². The highest BCUT2D eigenvalue weighted by molar-refractivity contribution is 6.06. The number of carbonyl (C=O) groups is 2. The molecule has 0 bridgehead atoms. The van der Waals surface area contributed by atoms with Gasteiger partial charge in [0.2, 0.25) is 5.91 Å². The average Bonchev–Trinajstić information content (AvgIpc) is 3.86. The molecular weight excluding hydrogens is 737 g/mol. The third-order valence-electron chi connectivity index (χ3n) is 12.3. The number of ether oxygens (including phenoxy) is 1. The number of aromatic amines is 1. The SMILES string of the molecule is C=CC(=O)Nc1cc(Nc2nn(-c3ccnc(N4CCn5c(cc6c5CC(C)(C)C6)C4=O)c3CO)c3cc[nH]c(=O)c23)ccc1N1CCN(C2CCOCC2)CC1C. The predicted octanol–water partition coefficient (Wildman–Crippen LogP) is 4.75. The second-order valence-electron chi connectivity index (χ2n) is 16.7. The summed E-state index contributed by atoms with van der Waals surface area (Å²) in [6, 6.07) is 11.9. The summed E-state index contributed by atoms with van der Waals surface area (Å²) in [4.78, 5) is 54.2. The van der Waals surface area contributed by atoms with Gasteiger partial charge in [0.25, 0.3) is 11.5 Å². The van der Waals surface area contributed by atoms with Crippen LogP contribution in [0, 0.1) is 5.41 Å². The lowest BCUT2D eigenvalue weighted by molar-refractivity contribution is -0.111. The van der Waals surface area contributed by atoms with Gasteiger partial charge in [0, 0.05) is 87.4 Å². The van der Waals surface area contributed by atoms with Crippen molar-refractivity contribution in [3.05, 3.63) is 94.3 Å². The van der Waals surface area contributed by atoms with Crippen molar-refractivity contribution in [1.29, 1.82) is 0 Å². The summed E-state index contributed by atoms with van der Waals surface area (Å²) in [5, 5.41) is 22.4. The first-order valence-corrected chi connectivity index (χ1v) is 20.2. The number of pyridine rings is 2. The molecule has 2 fully saturated rings. The van der Waals surface area contributed by atoms with Crippen molar-refractivity contribution in [1.82, 2.24) is 29.2 Å². The number of aliphatic hydroxyl groups is 1. The molecule has 302 valence electrons. The monoisotopic (exact) mass is 786 g/mol. The van der Waals surface area contributed by atoms with Gasteiger partial charge in [-0.1, -0.05) is 20.4 Å². The van der Waals surface area contributed by atoms with Crippen molar-refractivity contribution in [3.8, 4) is 5.69 Å². The Morgan fingerprint density at radius 2 is 1.90 bits per heavy atom. The van der Waals surface area contributed by atoms with E-state index in [1.165, 1.54) is 17.3 Å². The number of hydrogen-bond acceptors (Lipinski definition) is 10. The van der Waals surface area contributed by atoms with Crippen LogP contribution in [-0.2, 0) is 35.5 Å². The zero-order chi connectivity index (χ0) is 40.3. The van der Waals surface area contributed by atoms with Crippen LogP contribution < -0.4 is 26.0 Å². The highest BCUT2D eigenvalue weighted by Crippen LogP contribution is 2.40. The van der Waals surface area contributed by atoms with Crippen LogP contribution in [0.4, 0.5) is 28.7 Å². The molecule has 0 saturated carbocycles. The maximum Gasteiger partial charge on any atom is 0.276 e. The van der Waals surface area contributed by atoms with Crippen molar-refractivity contribution in [2.24, 2.45) is 5.41 Å². The van der Waals surface area contributed by atoms with E-state index in [1.807, 2.05) is 24.3 Å². The van der Waals surface area contributed by atoms with E-state index in [0.717, 1.165) is 64.2 Å². The molecule has 15 heteroatoms. The first-order valence-electron chi connectivity index (χ1n) is 20.2. The lowest BCUT2D eigenvalue weighted by atomic mass is 9.90. The number of aliphatic hydroxyl groups excluding tert-OH is 1. The van der Waals surface area contributed by atoms with E-state index in [4.69, 9.17) is 9.84 Å². The molecule has 58 heavy (non-hydrogen) atoms. The summed E-state index contributed by atoms with van der Waals surface area (Å²) in [5.74, 6) is 0.120. The van der Waals surface area contributed by atoms with Crippen LogP contribution in [0.15, 0.2) is 66.2 Å². The predicted molar refractivity (Wildman–Crippen MR) is 223 cm³/mol. The number of H-pyrrole nitrogens is 1. The zero-order valence-electron chi connectivity index (χ0n) is 33.3. The van der Waals surface area contributed by atoms with Crippen LogP contribution in [0.5, 0.6) is 0 Å². The minimum Gasteiger partial charge on any atom is -0.391 e. The molecule has 15 nitrogen and oxygen atoms in total. The molecule has 2 saturated heterocycles. The molecule has 4 N–H and O–H groups in total. The number of nitrogens with zero attached hydrogens (tertiary/aromatic N) is 7. The molecule has 0 spiro atoms. The van der Waals surface area contributed by atoms with Gasteiger partial charge < -0.3 is 34.9 Å². The van der Waals surface area contributed by atoms with Gasteiger partial charge in [-0.15, -0.1) is 5.10 Å². The Labute approximate surface area is 336 Å². The Kier molecular flexibility index (Phi) is 9.69. The fraction of sp³-hybridized carbons (Fsp3) is 0.419. The number of rotatable bonds is 9. The van der Waals surface area contributed by atoms with E-state index in [9.17, 15) is 19.5 Å². The molecule has 1 aliphatic carbocycles. The third-order valence-corrected chi connectivity index (χ3v) is 12.3. The quantitative estimate of drug-likeness (QED) is 0.153. The van der Waals surface area contributed by atoms with Crippen LogP contribution in [0.2, 0.25) is 0 Å². The topological polar surface area (TPSA) is 166 Å². The van der Waals surface area contributed by atoms with E-state index in [-0.39, 0.29) is 34.6 Å². The number of amides is 2. The summed E-state index contributed by atoms with van der Waals surface area (Å²) < 4.78 is 9.35. The molecule has 9 rings (SSSR count). The van der Waals surface area contributed by atoms with Gasteiger partial charge in [0.05, 0.1) is 29.2 Å². The van der Waals surface area contributed by atoms with Crippen LogP contribution in [0.1, 0.15) is 60.9 Å². The highest BCUT2D eigenvalue weighted by Gasteiger charge is 2.38. The first-order chi connectivity index (χ1) is 28.0. The normalized spacial score (nSPS) is 19.7. The van der Waals surface area contributed by atoms with Crippen LogP contribution in [0.3, 0.4) is 0 Å². The summed E-state index contributed by atoms with van der Waals surface area (Å²) >= 11 is 0. The molecule has 7 heterocycles. The lowest BCUT2D eigenvalue weighted by Gasteiger charge is -2.45. The van der Waals surface area contributed by atoms with E-state index >= 15 is 0 Å². The third kappa shape index (κ3) is 6.66. The minimum atomic E-state index is -0.420. The summed E-state index contributed by atoms with van der Waals surface area (Å²) in [5.41, 5.74) is 6.36. The van der Waals surface area contributed by atoms with Gasteiger partial charge in [-0.3, -0.25) is 24.2 Å². The Morgan fingerprint density at radius 3 is 2.67 bits per heavy atom. The number of fused-ring (bicyclic) bond motifs is 4. The number of benzene rings is 1. The number of aromatic nitrogens is 5. The number of carbonyl (C=O) groups excluding carboxylic acids is 2. The number of piperazine rings is 1. The van der Waals surface area contributed by atoms with Gasteiger partial charge >= 0.3 is 0 Å². The largest absolute Gasteiger partial charge is 0.391 e. The van der Waals surface area contributed by atoms with Crippen molar-refractivity contribution < 1.29 is 19.4 Å². The molecule has 1 aromatic carbocycles. The Balaban J connectivity index is 1.04. The van der Waals surface area contributed by atoms with E-state index in [1.54, 1.807) is 34.1 Å². The second kappa shape index (κ2) is 14.9. The minimum absolute atomic E-state index is 0.166.